The van der Waals surface area contributed by atoms with Crippen molar-refractivity contribution in [3.8, 4) is 0 Å². The minimum absolute atomic E-state index is 0.0694. The number of benzene rings is 1. The van der Waals surface area contributed by atoms with E-state index in [4.69, 9.17) is 0 Å². The average Bonchev–Trinajstić information content (AvgIpc) is 2.25. The topological polar surface area (TPSA) is 32.3 Å². The second kappa shape index (κ2) is 5.65. The molecular formula is C15H25NO. The summed E-state index contributed by atoms with van der Waals surface area (Å²) in [6, 6.07) is 8.78. The van der Waals surface area contributed by atoms with Crippen LogP contribution in [0, 0.1) is 12.3 Å². The molecule has 0 aliphatic heterocycles. The van der Waals surface area contributed by atoms with Crippen LogP contribution in [0.5, 0.6) is 0 Å². The zero-order chi connectivity index (χ0) is 13.1. The maximum Gasteiger partial charge on any atom is 0.0712 e. The third-order valence-corrected chi connectivity index (χ3v) is 3.19. The van der Waals surface area contributed by atoms with Gasteiger partial charge in [-0.15, -0.1) is 0 Å². The molecule has 1 aromatic carbocycles. The monoisotopic (exact) mass is 235 g/mol. The first-order valence-corrected chi connectivity index (χ1v) is 6.28. The van der Waals surface area contributed by atoms with E-state index in [1.165, 1.54) is 11.1 Å². The Balaban J connectivity index is 2.50. The molecule has 2 nitrogen and oxygen atoms in total. The maximum atomic E-state index is 9.96. The van der Waals surface area contributed by atoms with Crippen LogP contribution in [0.2, 0.25) is 0 Å². The van der Waals surface area contributed by atoms with Gasteiger partial charge in [-0.25, -0.2) is 0 Å². The lowest BCUT2D eigenvalue weighted by molar-refractivity contribution is 0.0609. The van der Waals surface area contributed by atoms with E-state index in [2.05, 4.69) is 64.2 Å². The molecule has 0 aliphatic carbocycles. The minimum Gasteiger partial charge on any atom is -0.391 e. The highest BCUT2D eigenvalue weighted by Gasteiger charge is 2.22. The van der Waals surface area contributed by atoms with E-state index in [1.54, 1.807) is 0 Å². The van der Waals surface area contributed by atoms with E-state index in [1.807, 2.05) is 0 Å². The van der Waals surface area contributed by atoms with Gasteiger partial charge in [0.15, 0.2) is 0 Å². The van der Waals surface area contributed by atoms with Crippen LogP contribution >= 0.6 is 0 Å². The standard InChI is InChI=1S/C15H25NO/c1-11-6-8-13(9-7-11)12(2)16-10-14(17)15(3,4)5/h6-9,12,14,16-17H,10H2,1-5H3. The Bertz CT molecular complexity index is 337. The SMILES string of the molecule is Cc1ccc(C(C)NCC(O)C(C)(C)C)cc1. The number of nitrogens with one attached hydrogen (secondary N) is 1. The van der Waals surface area contributed by atoms with Crippen LogP contribution in [0.1, 0.15) is 44.9 Å². The van der Waals surface area contributed by atoms with E-state index in [9.17, 15) is 5.11 Å². The van der Waals surface area contributed by atoms with Gasteiger partial charge in [0, 0.05) is 12.6 Å². The van der Waals surface area contributed by atoms with Gasteiger partial charge < -0.3 is 10.4 Å². The molecule has 2 unspecified atom stereocenters. The summed E-state index contributed by atoms with van der Waals surface area (Å²) in [6.07, 6.45) is -0.324. The molecule has 0 amide bonds. The van der Waals surface area contributed by atoms with Crippen molar-refractivity contribution < 1.29 is 5.11 Å². The predicted molar refractivity (Wildman–Crippen MR) is 73.1 cm³/mol. The van der Waals surface area contributed by atoms with Crippen LogP contribution in [0.3, 0.4) is 0 Å². The molecule has 0 radical (unpaired) electrons. The van der Waals surface area contributed by atoms with Gasteiger partial charge in [0.25, 0.3) is 0 Å². The summed E-state index contributed by atoms with van der Waals surface area (Å²) in [5, 5.41) is 13.3. The molecule has 2 atom stereocenters. The molecule has 1 rings (SSSR count). The van der Waals surface area contributed by atoms with Gasteiger partial charge in [-0.2, -0.15) is 0 Å². The fourth-order valence-corrected chi connectivity index (χ4v) is 1.57. The fraction of sp³-hybridized carbons (Fsp3) is 0.600. The molecule has 2 N–H and O–H groups in total. The molecule has 2 heteroatoms. The second-order valence-electron chi connectivity index (χ2n) is 5.92. The minimum atomic E-state index is -0.324. The molecule has 0 bridgehead atoms. The quantitative estimate of drug-likeness (QED) is 0.840. The van der Waals surface area contributed by atoms with Gasteiger partial charge >= 0.3 is 0 Å². The Labute approximate surface area is 105 Å². The van der Waals surface area contributed by atoms with Gasteiger partial charge in [0.2, 0.25) is 0 Å². The first-order chi connectivity index (χ1) is 7.80. The van der Waals surface area contributed by atoms with Gasteiger partial charge in [-0.1, -0.05) is 50.6 Å². The third-order valence-electron chi connectivity index (χ3n) is 3.19. The number of aliphatic hydroxyl groups excluding tert-OH is 1. The van der Waals surface area contributed by atoms with Crippen molar-refractivity contribution in [3.63, 3.8) is 0 Å². The molecule has 0 spiro atoms. The summed E-state index contributed by atoms with van der Waals surface area (Å²) in [5.74, 6) is 0. The molecule has 17 heavy (non-hydrogen) atoms. The summed E-state index contributed by atoms with van der Waals surface area (Å²) >= 11 is 0. The van der Waals surface area contributed by atoms with Crippen LogP contribution in [0.25, 0.3) is 0 Å². The average molecular weight is 235 g/mol. The van der Waals surface area contributed by atoms with Crippen LogP contribution in [0.4, 0.5) is 0 Å². The molecule has 0 saturated carbocycles. The van der Waals surface area contributed by atoms with Crippen molar-refractivity contribution in [1.29, 1.82) is 0 Å². The van der Waals surface area contributed by atoms with E-state index in [0.29, 0.717) is 6.54 Å². The Morgan fingerprint density at radius 2 is 1.71 bits per heavy atom. The van der Waals surface area contributed by atoms with Crippen molar-refractivity contribution in [3.05, 3.63) is 35.4 Å². The zero-order valence-corrected chi connectivity index (χ0v) is 11.6. The predicted octanol–water partition coefficient (Wildman–Crippen LogP) is 3.05. The Hall–Kier alpha value is -0.860. The number of aryl methyl sites for hydroxylation is 1. The van der Waals surface area contributed by atoms with E-state index in [0.717, 1.165) is 0 Å². The van der Waals surface area contributed by atoms with Gasteiger partial charge in [0.1, 0.15) is 0 Å². The van der Waals surface area contributed by atoms with Crippen molar-refractivity contribution in [2.45, 2.75) is 46.8 Å². The van der Waals surface area contributed by atoms with Crippen molar-refractivity contribution in [1.82, 2.24) is 5.32 Å². The lowest BCUT2D eigenvalue weighted by Crippen LogP contribution is -2.37. The van der Waals surface area contributed by atoms with Crippen LogP contribution in [-0.2, 0) is 0 Å². The van der Waals surface area contributed by atoms with Gasteiger partial charge in [0.05, 0.1) is 6.10 Å². The Morgan fingerprint density at radius 1 is 1.18 bits per heavy atom. The molecule has 96 valence electrons. The number of rotatable bonds is 4. The number of aliphatic hydroxyl groups is 1. The molecule has 0 heterocycles. The molecule has 0 saturated heterocycles. The van der Waals surface area contributed by atoms with E-state index >= 15 is 0 Å². The van der Waals surface area contributed by atoms with Crippen molar-refractivity contribution >= 4 is 0 Å². The number of hydrogen-bond acceptors (Lipinski definition) is 2. The molecular weight excluding hydrogens is 210 g/mol. The van der Waals surface area contributed by atoms with Crippen LogP contribution in [-0.4, -0.2) is 17.8 Å². The van der Waals surface area contributed by atoms with Crippen molar-refractivity contribution in [2.75, 3.05) is 6.54 Å². The summed E-state index contributed by atoms with van der Waals surface area (Å²) in [6.45, 7) is 11.0. The van der Waals surface area contributed by atoms with Gasteiger partial charge in [-0.3, -0.25) is 0 Å². The van der Waals surface area contributed by atoms with E-state index in [-0.39, 0.29) is 17.6 Å². The maximum absolute atomic E-state index is 9.96. The summed E-state index contributed by atoms with van der Waals surface area (Å²) in [7, 11) is 0. The van der Waals surface area contributed by atoms with Crippen LogP contribution < -0.4 is 5.32 Å². The zero-order valence-electron chi connectivity index (χ0n) is 11.6. The molecule has 1 aromatic rings. The van der Waals surface area contributed by atoms with Gasteiger partial charge in [-0.05, 0) is 24.8 Å². The lowest BCUT2D eigenvalue weighted by atomic mass is 9.89. The third kappa shape index (κ3) is 4.49. The summed E-state index contributed by atoms with van der Waals surface area (Å²) < 4.78 is 0. The largest absolute Gasteiger partial charge is 0.391 e. The first-order valence-electron chi connectivity index (χ1n) is 6.28. The van der Waals surface area contributed by atoms with Crippen molar-refractivity contribution in [2.24, 2.45) is 5.41 Å². The Kier molecular flexibility index (Phi) is 4.72. The molecule has 0 aliphatic rings. The smallest absolute Gasteiger partial charge is 0.0712 e. The summed E-state index contributed by atoms with van der Waals surface area (Å²) in [5.41, 5.74) is 2.47. The highest BCUT2D eigenvalue weighted by atomic mass is 16.3. The highest BCUT2D eigenvalue weighted by molar-refractivity contribution is 5.23. The second-order valence-corrected chi connectivity index (χ2v) is 5.92. The highest BCUT2D eigenvalue weighted by Crippen LogP contribution is 2.19. The van der Waals surface area contributed by atoms with E-state index < -0.39 is 0 Å². The Morgan fingerprint density at radius 3 is 2.18 bits per heavy atom. The van der Waals surface area contributed by atoms with Crippen LogP contribution in [0.15, 0.2) is 24.3 Å². The first kappa shape index (κ1) is 14.2. The summed E-state index contributed by atoms with van der Waals surface area (Å²) in [4.78, 5) is 0. The molecule has 0 aromatic heterocycles. The molecule has 0 fully saturated rings. The lowest BCUT2D eigenvalue weighted by Gasteiger charge is -2.27. The normalized spacial score (nSPS) is 15.6. The fourth-order valence-electron chi connectivity index (χ4n) is 1.57. The number of hydrogen-bond donors (Lipinski definition) is 2.